The summed E-state index contributed by atoms with van der Waals surface area (Å²) >= 11 is 3.22. The van der Waals surface area contributed by atoms with Crippen LogP contribution in [0.1, 0.15) is 5.76 Å². The fourth-order valence-electron chi connectivity index (χ4n) is 1.47. The summed E-state index contributed by atoms with van der Waals surface area (Å²) < 4.78 is 31.7. The van der Waals surface area contributed by atoms with E-state index >= 15 is 0 Å². The molecule has 0 aliphatic heterocycles. The normalized spacial score (nSPS) is 11.3. The van der Waals surface area contributed by atoms with Crippen molar-refractivity contribution < 1.29 is 17.7 Å². The lowest BCUT2D eigenvalue weighted by molar-refractivity contribution is -0.115. The molecule has 0 aliphatic rings. The second-order valence-electron chi connectivity index (χ2n) is 4.15. The van der Waals surface area contributed by atoms with Crippen LogP contribution in [0.4, 0.5) is 5.82 Å². The molecule has 0 spiro atoms. The van der Waals surface area contributed by atoms with Crippen LogP contribution in [-0.2, 0) is 14.8 Å². The van der Waals surface area contributed by atoms with Crippen LogP contribution in [0.15, 0.2) is 44.2 Å². The molecule has 0 atom stereocenters. The van der Waals surface area contributed by atoms with Gasteiger partial charge in [0.15, 0.2) is 5.82 Å². The zero-order valence-corrected chi connectivity index (χ0v) is 13.4. The minimum atomic E-state index is -3.73. The summed E-state index contributed by atoms with van der Waals surface area (Å²) in [6, 6.07) is 7.61. The summed E-state index contributed by atoms with van der Waals surface area (Å²) in [4.78, 5) is 11.7. The molecule has 9 heteroatoms. The zero-order chi connectivity index (χ0) is 15.5. The Bertz CT molecular complexity index is 740. The van der Waals surface area contributed by atoms with Crippen molar-refractivity contribution in [2.75, 3.05) is 11.9 Å². The van der Waals surface area contributed by atoms with Crippen LogP contribution in [0.2, 0.25) is 0 Å². The third-order valence-corrected chi connectivity index (χ3v) is 4.39. The van der Waals surface area contributed by atoms with Gasteiger partial charge in [0.05, 0.1) is 11.4 Å². The number of anilines is 1. The molecule has 0 fully saturated rings. The minimum Gasteiger partial charge on any atom is -0.360 e. The number of carbonyl (C=O) groups excluding carboxylic acids is 1. The number of nitrogens with zero attached hydrogens (tertiary/aromatic N) is 1. The Morgan fingerprint density at radius 2 is 2.00 bits per heavy atom. The van der Waals surface area contributed by atoms with Crippen molar-refractivity contribution in [2.24, 2.45) is 0 Å². The maximum Gasteiger partial charge on any atom is 0.241 e. The van der Waals surface area contributed by atoms with Crippen molar-refractivity contribution in [1.82, 2.24) is 9.88 Å². The molecular weight excluding hydrogens is 362 g/mol. The molecule has 7 nitrogen and oxygen atoms in total. The Balaban J connectivity index is 1.95. The van der Waals surface area contributed by atoms with Crippen molar-refractivity contribution in [3.8, 4) is 0 Å². The summed E-state index contributed by atoms with van der Waals surface area (Å²) in [5.74, 6) is 0.241. The number of halogens is 1. The van der Waals surface area contributed by atoms with Gasteiger partial charge in [-0.25, -0.2) is 13.1 Å². The van der Waals surface area contributed by atoms with Crippen LogP contribution < -0.4 is 10.0 Å². The zero-order valence-electron chi connectivity index (χ0n) is 11.0. The van der Waals surface area contributed by atoms with E-state index in [1.165, 1.54) is 18.2 Å². The lowest BCUT2D eigenvalue weighted by Crippen LogP contribution is -2.32. The Labute approximate surface area is 129 Å². The molecule has 1 aromatic carbocycles. The lowest BCUT2D eigenvalue weighted by Gasteiger charge is -2.06. The Kier molecular flexibility index (Phi) is 4.76. The molecule has 2 rings (SSSR count). The third-order valence-electron chi connectivity index (χ3n) is 2.44. The molecule has 0 radical (unpaired) electrons. The fraction of sp³-hybridized carbons (Fsp3) is 0.167. The van der Waals surface area contributed by atoms with Gasteiger partial charge in [-0.05, 0) is 31.2 Å². The standard InChI is InChI=1S/C12H12BrN3O4S/c1-8-6-11(16-20-8)15-12(17)7-14-21(18,19)10-4-2-9(13)3-5-10/h2-6,14H,7H2,1H3,(H,15,16,17). The molecule has 0 unspecified atom stereocenters. The van der Waals surface area contributed by atoms with Crippen molar-refractivity contribution in [3.63, 3.8) is 0 Å². The highest BCUT2D eigenvalue weighted by molar-refractivity contribution is 9.10. The highest BCUT2D eigenvalue weighted by Crippen LogP contribution is 2.14. The highest BCUT2D eigenvalue weighted by Gasteiger charge is 2.15. The van der Waals surface area contributed by atoms with E-state index in [0.717, 1.165) is 4.47 Å². The van der Waals surface area contributed by atoms with E-state index in [-0.39, 0.29) is 10.7 Å². The number of amides is 1. The van der Waals surface area contributed by atoms with Gasteiger partial charge in [0.25, 0.3) is 0 Å². The van der Waals surface area contributed by atoms with Crippen LogP contribution in [0, 0.1) is 6.92 Å². The molecule has 0 bridgehead atoms. The van der Waals surface area contributed by atoms with Gasteiger partial charge < -0.3 is 9.84 Å². The molecule has 2 aromatic rings. The van der Waals surface area contributed by atoms with E-state index in [4.69, 9.17) is 4.52 Å². The van der Waals surface area contributed by atoms with Gasteiger partial charge in [0.1, 0.15) is 5.76 Å². The maximum absolute atomic E-state index is 12.0. The fourth-order valence-corrected chi connectivity index (χ4v) is 2.72. The average molecular weight is 374 g/mol. The number of aromatic nitrogens is 1. The van der Waals surface area contributed by atoms with E-state index in [9.17, 15) is 13.2 Å². The summed E-state index contributed by atoms with van der Waals surface area (Å²) in [5, 5.41) is 6.00. The number of sulfonamides is 1. The first-order valence-corrected chi connectivity index (χ1v) is 8.13. The number of hydrogen-bond donors (Lipinski definition) is 2. The van der Waals surface area contributed by atoms with Crippen LogP contribution in [0.25, 0.3) is 0 Å². The third kappa shape index (κ3) is 4.38. The van der Waals surface area contributed by atoms with Gasteiger partial charge in [0.2, 0.25) is 15.9 Å². The number of hydrogen-bond acceptors (Lipinski definition) is 5. The topological polar surface area (TPSA) is 101 Å². The number of rotatable bonds is 5. The van der Waals surface area contributed by atoms with Crippen molar-refractivity contribution in [3.05, 3.63) is 40.6 Å². The van der Waals surface area contributed by atoms with Crippen molar-refractivity contribution in [1.29, 1.82) is 0 Å². The Morgan fingerprint density at radius 1 is 1.33 bits per heavy atom. The number of carbonyl (C=O) groups is 1. The van der Waals surface area contributed by atoms with Crippen LogP contribution in [0.3, 0.4) is 0 Å². The van der Waals surface area contributed by atoms with Crippen LogP contribution >= 0.6 is 15.9 Å². The van der Waals surface area contributed by atoms with Gasteiger partial charge in [-0.15, -0.1) is 0 Å². The monoisotopic (exact) mass is 373 g/mol. The average Bonchev–Trinajstić information content (AvgIpc) is 2.82. The van der Waals surface area contributed by atoms with Crippen molar-refractivity contribution >= 4 is 37.7 Å². The van der Waals surface area contributed by atoms with Crippen molar-refractivity contribution in [2.45, 2.75) is 11.8 Å². The number of nitrogens with one attached hydrogen (secondary N) is 2. The number of benzene rings is 1. The molecule has 0 saturated carbocycles. The second kappa shape index (κ2) is 6.37. The summed E-state index contributed by atoms with van der Waals surface area (Å²) in [6.45, 7) is 1.28. The van der Waals surface area contributed by atoms with E-state index in [1.807, 2.05) is 0 Å². The van der Waals surface area contributed by atoms with Crippen LogP contribution in [0.5, 0.6) is 0 Å². The largest absolute Gasteiger partial charge is 0.360 e. The quantitative estimate of drug-likeness (QED) is 0.829. The number of aryl methyl sites for hydroxylation is 1. The second-order valence-corrected chi connectivity index (χ2v) is 6.83. The SMILES string of the molecule is Cc1cc(NC(=O)CNS(=O)(=O)c2ccc(Br)cc2)no1. The Morgan fingerprint density at radius 3 is 2.57 bits per heavy atom. The van der Waals surface area contributed by atoms with Gasteiger partial charge >= 0.3 is 0 Å². The summed E-state index contributed by atoms with van der Waals surface area (Å²) in [6.07, 6.45) is 0. The van der Waals surface area contributed by atoms with Crippen LogP contribution in [-0.4, -0.2) is 26.0 Å². The van der Waals surface area contributed by atoms with Gasteiger partial charge in [-0.3, -0.25) is 4.79 Å². The molecule has 1 heterocycles. The smallest absolute Gasteiger partial charge is 0.241 e. The van der Waals surface area contributed by atoms with E-state index in [1.54, 1.807) is 19.1 Å². The highest BCUT2D eigenvalue weighted by atomic mass is 79.9. The van der Waals surface area contributed by atoms with E-state index < -0.39 is 22.5 Å². The predicted octanol–water partition coefficient (Wildman–Crippen LogP) is 1.66. The molecule has 2 N–H and O–H groups in total. The predicted molar refractivity (Wildman–Crippen MR) is 79.2 cm³/mol. The van der Waals surface area contributed by atoms with E-state index in [2.05, 4.69) is 31.1 Å². The summed E-state index contributed by atoms with van der Waals surface area (Å²) in [7, 11) is -3.73. The summed E-state index contributed by atoms with van der Waals surface area (Å²) in [5.41, 5.74) is 0. The van der Waals surface area contributed by atoms with Gasteiger partial charge in [0, 0.05) is 10.5 Å². The molecule has 21 heavy (non-hydrogen) atoms. The molecular formula is C12H12BrN3O4S. The first-order chi connectivity index (χ1) is 9.87. The molecule has 0 aliphatic carbocycles. The van der Waals surface area contributed by atoms with Gasteiger partial charge in [-0.1, -0.05) is 21.1 Å². The maximum atomic E-state index is 12.0. The molecule has 1 aromatic heterocycles. The van der Waals surface area contributed by atoms with E-state index in [0.29, 0.717) is 5.76 Å². The minimum absolute atomic E-state index is 0.0794. The first kappa shape index (κ1) is 15.7. The van der Waals surface area contributed by atoms with Gasteiger partial charge in [-0.2, -0.15) is 0 Å². The molecule has 1 amide bonds. The lowest BCUT2D eigenvalue weighted by atomic mass is 10.4. The Hall–Kier alpha value is -1.71. The first-order valence-electron chi connectivity index (χ1n) is 5.85. The molecule has 112 valence electrons. The molecule has 0 saturated heterocycles.